The number of allylic oxidation sites excluding steroid dienone is 2. The Hall–Kier alpha value is -3.97. The maximum absolute atomic E-state index is 13.7. The van der Waals surface area contributed by atoms with E-state index in [4.69, 9.17) is 0 Å². The molecule has 37 heavy (non-hydrogen) atoms. The molecule has 0 bridgehead atoms. The van der Waals surface area contributed by atoms with Gasteiger partial charge in [0, 0.05) is 17.9 Å². The van der Waals surface area contributed by atoms with Crippen LogP contribution in [0.2, 0.25) is 0 Å². The molecule has 1 saturated carbocycles. The van der Waals surface area contributed by atoms with Crippen molar-refractivity contribution in [1.29, 1.82) is 0 Å². The fraction of sp³-hybridized carbons (Fsp3) is 0.300. The minimum Gasteiger partial charge on any atom is -0.508 e. The van der Waals surface area contributed by atoms with Gasteiger partial charge in [0.1, 0.15) is 22.8 Å². The van der Waals surface area contributed by atoms with E-state index < -0.39 is 51.9 Å². The largest absolute Gasteiger partial charge is 0.508 e. The van der Waals surface area contributed by atoms with Crippen LogP contribution in [0.15, 0.2) is 65.5 Å². The van der Waals surface area contributed by atoms with Gasteiger partial charge in [-0.3, -0.25) is 14.4 Å². The summed E-state index contributed by atoms with van der Waals surface area (Å²) in [5, 5.41) is 44.2. The van der Waals surface area contributed by atoms with Crippen LogP contribution in [0.4, 0.5) is 0 Å². The minimum absolute atomic E-state index is 0.103. The van der Waals surface area contributed by atoms with Gasteiger partial charge in [-0.05, 0) is 67.3 Å². The van der Waals surface area contributed by atoms with Gasteiger partial charge in [-0.15, -0.1) is 0 Å². The van der Waals surface area contributed by atoms with Crippen LogP contribution in [0.1, 0.15) is 43.4 Å². The monoisotopic (exact) mass is 500 g/mol. The quantitative estimate of drug-likeness (QED) is 0.363. The third kappa shape index (κ3) is 3.64. The van der Waals surface area contributed by atoms with Crippen molar-refractivity contribution in [2.45, 2.75) is 45.1 Å². The van der Waals surface area contributed by atoms with Crippen LogP contribution in [0.25, 0.3) is 16.9 Å². The first-order chi connectivity index (χ1) is 17.4. The third-order valence-electron chi connectivity index (χ3n) is 7.80. The molecule has 7 nitrogen and oxygen atoms in total. The van der Waals surface area contributed by atoms with Crippen molar-refractivity contribution in [3.63, 3.8) is 0 Å². The highest BCUT2D eigenvalue weighted by molar-refractivity contribution is 6.23. The molecule has 0 aromatic heterocycles. The molecule has 0 heterocycles. The number of carbonyl (C=O) groups is 3. The Balaban J connectivity index is 1.67. The van der Waals surface area contributed by atoms with Crippen molar-refractivity contribution >= 4 is 23.1 Å². The predicted molar refractivity (Wildman–Crippen MR) is 137 cm³/mol. The number of rotatable bonds is 4. The highest BCUT2D eigenvalue weighted by Gasteiger charge is 2.60. The van der Waals surface area contributed by atoms with Crippen LogP contribution >= 0.6 is 0 Å². The van der Waals surface area contributed by atoms with E-state index in [1.54, 1.807) is 6.07 Å². The average molecular weight is 501 g/mol. The highest BCUT2D eigenvalue weighted by Crippen LogP contribution is 2.53. The van der Waals surface area contributed by atoms with Gasteiger partial charge in [-0.2, -0.15) is 0 Å². The van der Waals surface area contributed by atoms with Crippen molar-refractivity contribution in [2.24, 2.45) is 11.8 Å². The molecular weight excluding hydrogens is 472 g/mol. The Labute approximate surface area is 214 Å². The molecule has 0 saturated heterocycles. The molecule has 7 heteroatoms. The van der Waals surface area contributed by atoms with Gasteiger partial charge < -0.3 is 20.4 Å². The van der Waals surface area contributed by atoms with E-state index in [0.717, 1.165) is 29.2 Å². The number of carbonyl (C=O) groups excluding carboxylic acids is 3. The van der Waals surface area contributed by atoms with Gasteiger partial charge in [0.05, 0.1) is 5.56 Å². The van der Waals surface area contributed by atoms with E-state index in [2.05, 4.69) is 6.58 Å². The molecule has 1 fully saturated rings. The summed E-state index contributed by atoms with van der Waals surface area (Å²) in [6.45, 7) is 7.00. The molecule has 3 aliphatic carbocycles. The van der Waals surface area contributed by atoms with Crippen molar-refractivity contribution in [1.82, 2.24) is 0 Å². The molecule has 2 aromatic rings. The smallest absolute Gasteiger partial charge is 0.202 e. The lowest BCUT2D eigenvalue weighted by atomic mass is 9.59. The number of benzene rings is 2. The molecule has 2 aromatic carbocycles. The molecule has 0 spiro atoms. The first-order valence-corrected chi connectivity index (χ1v) is 12.2. The Morgan fingerprint density at radius 3 is 2.49 bits per heavy atom. The van der Waals surface area contributed by atoms with Gasteiger partial charge in [0.2, 0.25) is 5.78 Å². The van der Waals surface area contributed by atoms with Crippen molar-refractivity contribution in [3.05, 3.63) is 82.1 Å². The summed E-state index contributed by atoms with van der Waals surface area (Å²) in [5.41, 5.74) is 1.31. The van der Waals surface area contributed by atoms with Crippen LogP contribution in [0.3, 0.4) is 0 Å². The number of fused-ring (bicyclic) bond motifs is 3. The third-order valence-corrected chi connectivity index (χ3v) is 7.80. The van der Waals surface area contributed by atoms with Crippen LogP contribution in [0, 0.1) is 11.8 Å². The van der Waals surface area contributed by atoms with E-state index in [1.165, 1.54) is 6.07 Å². The zero-order chi connectivity index (χ0) is 26.8. The summed E-state index contributed by atoms with van der Waals surface area (Å²) in [6, 6.07) is 11.1. The van der Waals surface area contributed by atoms with E-state index in [-0.39, 0.29) is 36.1 Å². The number of aromatic hydroxyl groups is 1. The van der Waals surface area contributed by atoms with Gasteiger partial charge in [-0.1, -0.05) is 42.5 Å². The Kier molecular flexibility index (Phi) is 5.72. The Morgan fingerprint density at radius 2 is 1.81 bits per heavy atom. The standard InChI is InChI=1S/C30H28O7/c1-14(2)9-16-5-4-6-17(10-16)20-7-8-22(32)26-21(20)12-18-11-19-13-23(33)24(15(3)31)28(35)30(19,37)29(36)25(18)27(26)34/h4-8,10,18-19,32,34-35,37H,1,9,11-13H2,2-3H3/t18-,19+,30-/m1/s1. The lowest BCUT2D eigenvalue weighted by molar-refractivity contribution is -0.147. The molecule has 3 aliphatic rings. The topological polar surface area (TPSA) is 132 Å². The molecule has 0 aliphatic heterocycles. The number of ketones is 3. The Morgan fingerprint density at radius 1 is 1.08 bits per heavy atom. The average Bonchev–Trinajstić information content (AvgIpc) is 2.81. The first kappa shape index (κ1) is 24.7. The van der Waals surface area contributed by atoms with Crippen molar-refractivity contribution < 1.29 is 34.8 Å². The van der Waals surface area contributed by atoms with Crippen molar-refractivity contribution in [3.8, 4) is 16.9 Å². The summed E-state index contributed by atoms with van der Waals surface area (Å²) in [7, 11) is 0. The molecular formula is C30H28O7. The zero-order valence-corrected chi connectivity index (χ0v) is 20.7. The minimum atomic E-state index is -2.49. The summed E-state index contributed by atoms with van der Waals surface area (Å²) >= 11 is 0. The Bertz CT molecular complexity index is 1470. The number of hydrogen-bond acceptors (Lipinski definition) is 7. The van der Waals surface area contributed by atoms with E-state index in [0.29, 0.717) is 12.0 Å². The van der Waals surface area contributed by atoms with Gasteiger partial charge in [0.25, 0.3) is 0 Å². The number of Topliss-reactive ketones (excluding diaryl/α,β-unsaturated/α-hetero) is 3. The molecule has 0 unspecified atom stereocenters. The molecule has 0 radical (unpaired) electrons. The van der Waals surface area contributed by atoms with Crippen LogP contribution < -0.4 is 0 Å². The SMILES string of the molecule is C=C(C)Cc1cccc(-c2ccc(O)c3c2C[C@H]2C[C@H]4CC(=O)C(C(C)=O)=C(O)[C@@]4(O)C(=O)C2=C3O)c1. The first-order valence-electron chi connectivity index (χ1n) is 12.2. The highest BCUT2D eigenvalue weighted by atomic mass is 16.3. The summed E-state index contributed by atoms with van der Waals surface area (Å²) < 4.78 is 0. The van der Waals surface area contributed by atoms with Crippen LogP contribution in [0.5, 0.6) is 5.75 Å². The van der Waals surface area contributed by atoms with E-state index in [1.807, 2.05) is 31.2 Å². The lowest BCUT2D eigenvalue weighted by Crippen LogP contribution is -2.57. The van der Waals surface area contributed by atoms with Crippen LogP contribution in [-0.2, 0) is 27.2 Å². The predicted octanol–water partition coefficient (Wildman–Crippen LogP) is 4.31. The second-order valence-corrected chi connectivity index (χ2v) is 10.4. The lowest BCUT2D eigenvalue weighted by Gasteiger charge is -2.46. The fourth-order valence-corrected chi connectivity index (χ4v) is 6.20. The molecule has 3 atom stereocenters. The van der Waals surface area contributed by atoms with Crippen LogP contribution in [-0.4, -0.2) is 43.4 Å². The van der Waals surface area contributed by atoms with Gasteiger partial charge in [-0.25, -0.2) is 0 Å². The van der Waals surface area contributed by atoms with E-state index in [9.17, 15) is 34.8 Å². The summed E-state index contributed by atoms with van der Waals surface area (Å²) in [5.74, 6) is -5.44. The molecule has 0 amide bonds. The number of hydrogen-bond donors (Lipinski definition) is 4. The number of aliphatic hydroxyl groups excluding tert-OH is 2. The molecule has 5 rings (SSSR count). The maximum Gasteiger partial charge on any atom is 0.202 e. The normalized spacial score (nSPS) is 24.9. The zero-order valence-electron chi connectivity index (χ0n) is 20.7. The number of aliphatic hydroxyl groups is 3. The van der Waals surface area contributed by atoms with E-state index >= 15 is 0 Å². The number of phenols is 1. The second kappa shape index (κ2) is 8.56. The summed E-state index contributed by atoms with van der Waals surface area (Å²) in [6.07, 6.45) is 0.842. The van der Waals surface area contributed by atoms with Gasteiger partial charge in [0.15, 0.2) is 17.2 Å². The molecule has 4 N–H and O–H groups in total. The van der Waals surface area contributed by atoms with Gasteiger partial charge >= 0.3 is 0 Å². The van der Waals surface area contributed by atoms with Crippen molar-refractivity contribution in [2.75, 3.05) is 0 Å². The maximum atomic E-state index is 13.7. The fourth-order valence-electron chi connectivity index (χ4n) is 6.20. The summed E-state index contributed by atoms with van der Waals surface area (Å²) in [4.78, 5) is 38.3. The molecule has 190 valence electrons. The number of phenolic OH excluding ortho intramolecular Hbond substituents is 1. The second-order valence-electron chi connectivity index (χ2n) is 10.4.